The number of likely N-dealkylation sites (N-methyl/N-ethyl adjacent to an activating group) is 1. The highest BCUT2D eigenvalue weighted by Crippen LogP contribution is 2.37. The summed E-state index contributed by atoms with van der Waals surface area (Å²) in [5, 5.41) is 11.4. The van der Waals surface area contributed by atoms with Gasteiger partial charge in [0.1, 0.15) is 5.70 Å². The van der Waals surface area contributed by atoms with Gasteiger partial charge in [-0.1, -0.05) is 0 Å². The zero-order chi connectivity index (χ0) is 8.43. The Kier molecular flexibility index (Phi) is 2.17. The summed E-state index contributed by atoms with van der Waals surface area (Å²) in [5.74, 6) is -0.328. The number of aliphatic carboxylic acids is 1. The van der Waals surface area contributed by atoms with E-state index in [1.54, 1.807) is 7.05 Å². The van der Waals surface area contributed by atoms with Crippen molar-refractivity contribution in [3.63, 3.8) is 0 Å². The lowest BCUT2D eigenvalue weighted by molar-refractivity contribution is -0.133. The van der Waals surface area contributed by atoms with Crippen LogP contribution < -0.4 is 5.32 Å². The summed E-state index contributed by atoms with van der Waals surface area (Å²) in [6.07, 6.45) is 2.29. The Bertz CT molecular complexity index is 204. The predicted molar refractivity (Wildman–Crippen MR) is 42.1 cm³/mol. The van der Waals surface area contributed by atoms with E-state index in [2.05, 4.69) is 5.32 Å². The van der Waals surface area contributed by atoms with Gasteiger partial charge >= 0.3 is 5.97 Å². The van der Waals surface area contributed by atoms with Crippen LogP contribution in [0.25, 0.3) is 0 Å². The van der Waals surface area contributed by atoms with Crippen molar-refractivity contribution in [1.82, 2.24) is 5.32 Å². The summed E-state index contributed by atoms with van der Waals surface area (Å²) in [5.41, 5.74) is 1.35. The predicted octanol–water partition coefficient (Wildman–Crippen LogP) is 0.974. The fourth-order valence-electron chi connectivity index (χ4n) is 1.19. The summed E-state index contributed by atoms with van der Waals surface area (Å²) < 4.78 is 0. The molecule has 1 rings (SSSR count). The summed E-state index contributed by atoms with van der Waals surface area (Å²) in [4.78, 5) is 10.6. The molecular weight excluding hydrogens is 142 g/mol. The van der Waals surface area contributed by atoms with Crippen LogP contribution in [0.1, 0.15) is 19.8 Å². The summed E-state index contributed by atoms with van der Waals surface area (Å²) in [7, 11) is 1.65. The first kappa shape index (κ1) is 8.11. The zero-order valence-corrected chi connectivity index (χ0v) is 6.85. The van der Waals surface area contributed by atoms with Crippen molar-refractivity contribution in [3.8, 4) is 0 Å². The first-order valence-electron chi connectivity index (χ1n) is 3.78. The van der Waals surface area contributed by atoms with Gasteiger partial charge in [-0.25, -0.2) is 4.79 Å². The van der Waals surface area contributed by atoms with Gasteiger partial charge in [0.05, 0.1) is 0 Å². The number of nitrogens with one attached hydrogen (secondary N) is 1. The summed E-state index contributed by atoms with van der Waals surface area (Å²) >= 11 is 0. The Balaban J connectivity index is 2.77. The minimum atomic E-state index is -0.850. The van der Waals surface area contributed by atoms with Crippen molar-refractivity contribution in [2.75, 3.05) is 7.05 Å². The van der Waals surface area contributed by atoms with E-state index in [-0.39, 0.29) is 0 Å². The van der Waals surface area contributed by atoms with Gasteiger partial charge in [-0.2, -0.15) is 0 Å². The van der Waals surface area contributed by atoms with Crippen molar-refractivity contribution < 1.29 is 9.90 Å². The maximum atomic E-state index is 10.6. The van der Waals surface area contributed by atoms with Crippen molar-refractivity contribution in [2.45, 2.75) is 19.8 Å². The quantitative estimate of drug-likeness (QED) is 0.597. The van der Waals surface area contributed by atoms with E-state index in [4.69, 9.17) is 5.11 Å². The standard InChI is InChI=1S/C8H13NO2/c1-5(6-3-4-6)7(9-2)8(10)11/h6,9H,3-4H2,1-2H3,(H,10,11). The van der Waals surface area contributed by atoms with Gasteiger partial charge in [0.25, 0.3) is 0 Å². The van der Waals surface area contributed by atoms with Crippen LogP contribution in [0, 0.1) is 5.92 Å². The Morgan fingerprint density at radius 3 is 2.36 bits per heavy atom. The molecule has 0 atom stereocenters. The van der Waals surface area contributed by atoms with E-state index in [1.165, 1.54) is 0 Å². The van der Waals surface area contributed by atoms with Crippen molar-refractivity contribution in [3.05, 3.63) is 11.3 Å². The maximum Gasteiger partial charge on any atom is 0.351 e. The smallest absolute Gasteiger partial charge is 0.351 e. The van der Waals surface area contributed by atoms with Crippen LogP contribution >= 0.6 is 0 Å². The largest absolute Gasteiger partial charge is 0.477 e. The molecule has 1 aliphatic carbocycles. The Morgan fingerprint density at radius 1 is 1.55 bits per heavy atom. The van der Waals surface area contributed by atoms with Gasteiger partial charge in [0.2, 0.25) is 0 Å². The molecule has 3 heteroatoms. The van der Waals surface area contributed by atoms with Crippen molar-refractivity contribution in [2.24, 2.45) is 5.92 Å². The molecule has 0 aromatic rings. The zero-order valence-electron chi connectivity index (χ0n) is 6.85. The van der Waals surface area contributed by atoms with E-state index in [9.17, 15) is 4.79 Å². The molecule has 1 fully saturated rings. The van der Waals surface area contributed by atoms with E-state index >= 15 is 0 Å². The number of hydrogen-bond donors (Lipinski definition) is 2. The topological polar surface area (TPSA) is 49.3 Å². The second-order valence-electron chi connectivity index (χ2n) is 2.89. The minimum Gasteiger partial charge on any atom is -0.477 e. The lowest BCUT2D eigenvalue weighted by Crippen LogP contribution is -2.17. The number of hydrogen-bond acceptors (Lipinski definition) is 2. The molecular formula is C8H13NO2. The first-order chi connectivity index (χ1) is 5.16. The van der Waals surface area contributed by atoms with Gasteiger partial charge in [0.15, 0.2) is 0 Å². The van der Waals surface area contributed by atoms with Crippen LogP contribution in [-0.2, 0) is 4.79 Å². The number of allylic oxidation sites excluding steroid dienone is 1. The molecule has 0 amide bonds. The normalized spacial score (nSPS) is 19.1. The molecule has 3 nitrogen and oxygen atoms in total. The number of carbonyl (C=O) groups is 1. The molecule has 1 aliphatic rings. The fourth-order valence-corrected chi connectivity index (χ4v) is 1.19. The van der Waals surface area contributed by atoms with E-state index in [0.29, 0.717) is 11.6 Å². The third-order valence-electron chi connectivity index (χ3n) is 2.05. The van der Waals surface area contributed by atoms with Gasteiger partial charge in [0, 0.05) is 7.05 Å². The third-order valence-corrected chi connectivity index (χ3v) is 2.05. The Labute approximate surface area is 66.1 Å². The Hall–Kier alpha value is -0.990. The molecule has 62 valence electrons. The molecule has 0 aromatic heterocycles. The monoisotopic (exact) mass is 155 g/mol. The SMILES string of the molecule is CNC(C(=O)O)=C(C)C1CC1. The minimum absolute atomic E-state index is 0.368. The Morgan fingerprint density at radius 2 is 2.09 bits per heavy atom. The van der Waals surface area contributed by atoms with Crippen molar-refractivity contribution in [1.29, 1.82) is 0 Å². The molecule has 2 N–H and O–H groups in total. The lowest BCUT2D eigenvalue weighted by Gasteiger charge is -2.05. The van der Waals surface area contributed by atoms with Gasteiger partial charge in [-0.05, 0) is 31.3 Å². The molecule has 0 spiro atoms. The highest BCUT2D eigenvalue weighted by Gasteiger charge is 2.27. The van der Waals surface area contributed by atoms with E-state index < -0.39 is 5.97 Å². The average molecular weight is 155 g/mol. The van der Waals surface area contributed by atoms with Crippen LogP contribution in [0.5, 0.6) is 0 Å². The van der Waals surface area contributed by atoms with Crippen LogP contribution in [0.15, 0.2) is 11.3 Å². The molecule has 0 heterocycles. The molecule has 11 heavy (non-hydrogen) atoms. The van der Waals surface area contributed by atoms with Gasteiger partial charge in [-0.3, -0.25) is 0 Å². The van der Waals surface area contributed by atoms with Crippen molar-refractivity contribution >= 4 is 5.97 Å². The molecule has 0 saturated heterocycles. The third kappa shape index (κ3) is 1.73. The second-order valence-corrected chi connectivity index (χ2v) is 2.89. The number of rotatable bonds is 3. The molecule has 0 unspecified atom stereocenters. The van der Waals surface area contributed by atoms with Crippen LogP contribution in [0.4, 0.5) is 0 Å². The highest BCUT2D eigenvalue weighted by molar-refractivity contribution is 5.86. The molecule has 1 saturated carbocycles. The number of carboxylic acid groups (broad SMARTS) is 1. The maximum absolute atomic E-state index is 10.6. The van der Waals surface area contributed by atoms with Crippen LogP contribution in [0.2, 0.25) is 0 Å². The fraction of sp³-hybridized carbons (Fsp3) is 0.625. The highest BCUT2D eigenvalue weighted by atomic mass is 16.4. The molecule has 0 bridgehead atoms. The molecule has 0 aromatic carbocycles. The van der Waals surface area contributed by atoms with Gasteiger partial charge < -0.3 is 10.4 Å². The van der Waals surface area contributed by atoms with Gasteiger partial charge in [-0.15, -0.1) is 0 Å². The van der Waals surface area contributed by atoms with E-state index in [1.807, 2.05) is 6.92 Å². The summed E-state index contributed by atoms with van der Waals surface area (Å²) in [6.45, 7) is 1.89. The van der Waals surface area contributed by atoms with E-state index in [0.717, 1.165) is 18.4 Å². The molecule has 0 radical (unpaired) electrons. The first-order valence-corrected chi connectivity index (χ1v) is 3.78. The lowest BCUT2D eigenvalue weighted by atomic mass is 10.1. The number of carboxylic acids is 1. The second kappa shape index (κ2) is 2.95. The van der Waals surface area contributed by atoms with Crippen LogP contribution in [-0.4, -0.2) is 18.1 Å². The average Bonchev–Trinajstić information content (AvgIpc) is 2.68. The van der Waals surface area contributed by atoms with Crippen LogP contribution in [0.3, 0.4) is 0 Å². The molecule has 0 aliphatic heterocycles. The summed E-state index contributed by atoms with van der Waals surface area (Å²) in [6, 6.07) is 0.